The summed E-state index contributed by atoms with van der Waals surface area (Å²) in [5.41, 5.74) is 0.100. The van der Waals surface area contributed by atoms with Crippen LogP contribution in [0, 0.1) is 17.5 Å². The molecule has 2 aromatic carbocycles. The Balaban J connectivity index is 2.16. The number of aromatic amines is 1. The van der Waals surface area contributed by atoms with E-state index in [0.717, 1.165) is 0 Å². The summed E-state index contributed by atoms with van der Waals surface area (Å²) in [4.78, 5) is 3.15. The van der Waals surface area contributed by atoms with Gasteiger partial charge in [-0.3, -0.25) is 0 Å². The van der Waals surface area contributed by atoms with Gasteiger partial charge in [0.1, 0.15) is 11.6 Å². The van der Waals surface area contributed by atoms with Crippen LogP contribution in [0.15, 0.2) is 41.4 Å². The van der Waals surface area contributed by atoms with Gasteiger partial charge in [-0.05, 0) is 36.6 Å². The largest absolute Gasteiger partial charge is 0.453 e. The first-order valence-corrected chi connectivity index (χ1v) is 7.29. The van der Waals surface area contributed by atoms with E-state index < -0.39 is 17.5 Å². The van der Waals surface area contributed by atoms with Crippen molar-refractivity contribution in [1.82, 2.24) is 4.98 Å². The quantitative estimate of drug-likeness (QED) is 0.681. The normalized spacial score (nSPS) is 11.0. The lowest BCUT2D eigenvalue weighted by Crippen LogP contribution is -1.96. The molecule has 0 aliphatic heterocycles. The fourth-order valence-electron chi connectivity index (χ4n) is 2.09. The van der Waals surface area contributed by atoms with Crippen molar-refractivity contribution in [2.24, 2.45) is 0 Å². The molecule has 0 aliphatic carbocycles. The standard InChI is InChI=1S/C15H10F3NOS/c1-21-15-10-6-7-19-13(10)11(17)12(18)14(15)20-9-4-2-8(16)3-5-9/h2-7,19H,1H3. The fourth-order valence-corrected chi connectivity index (χ4v) is 2.79. The number of hydrogen-bond donors (Lipinski definition) is 1. The average molecular weight is 309 g/mol. The highest BCUT2D eigenvalue weighted by Crippen LogP contribution is 2.41. The van der Waals surface area contributed by atoms with Gasteiger partial charge in [0.25, 0.3) is 0 Å². The van der Waals surface area contributed by atoms with Crippen LogP contribution in [0.4, 0.5) is 13.2 Å². The zero-order valence-corrected chi connectivity index (χ0v) is 11.7. The van der Waals surface area contributed by atoms with Crippen LogP contribution in [-0.2, 0) is 0 Å². The van der Waals surface area contributed by atoms with E-state index >= 15 is 0 Å². The molecule has 0 fully saturated rings. The van der Waals surface area contributed by atoms with Crippen LogP contribution in [-0.4, -0.2) is 11.2 Å². The van der Waals surface area contributed by atoms with Crippen molar-refractivity contribution in [2.45, 2.75) is 4.90 Å². The van der Waals surface area contributed by atoms with Gasteiger partial charge in [0.15, 0.2) is 11.6 Å². The topological polar surface area (TPSA) is 25.0 Å². The smallest absolute Gasteiger partial charge is 0.204 e. The summed E-state index contributed by atoms with van der Waals surface area (Å²) in [7, 11) is 0. The molecule has 0 saturated carbocycles. The minimum absolute atomic E-state index is 0.100. The first-order valence-electron chi connectivity index (χ1n) is 6.07. The molecule has 1 heterocycles. The lowest BCUT2D eigenvalue weighted by atomic mass is 10.2. The first kappa shape index (κ1) is 13.9. The summed E-state index contributed by atoms with van der Waals surface area (Å²) in [5, 5.41) is 0.540. The van der Waals surface area contributed by atoms with E-state index in [1.807, 2.05) is 0 Å². The molecule has 2 nitrogen and oxygen atoms in total. The summed E-state index contributed by atoms with van der Waals surface area (Å²) in [6.07, 6.45) is 3.28. The number of benzene rings is 2. The molecule has 0 aliphatic rings. The van der Waals surface area contributed by atoms with Gasteiger partial charge in [-0.15, -0.1) is 11.8 Å². The summed E-state index contributed by atoms with van der Waals surface area (Å²) in [5.74, 6) is -2.46. The maximum Gasteiger partial charge on any atom is 0.204 e. The van der Waals surface area contributed by atoms with E-state index in [-0.39, 0.29) is 17.0 Å². The fraction of sp³-hybridized carbons (Fsp3) is 0.0667. The Morgan fingerprint density at radius 1 is 1.00 bits per heavy atom. The molecule has 0 unspecified atom stereocenters. The van der Waals surface area contributed by atoms with Gasteiger partial charge < -0.3 is 9.72 Å². The Morgan fingerprint density at radius 2 is 1.71 bits per heavy atom. The second kappa shape index (κ2) is 5.37. The molecule has 0 amide bonds. The lowest BCUT2D eigenvalue weighted by Gasteiger charge is -2.12. The van der Waals surface area contributed by atoms with E-state index in [1.165, 1.54) is 42.2 Å². The third kappa shape index (κ3) is 2.35. The number of fused-ring (bicyclic) bond motifs is 1. The number of H-pyrrole nitrogens is 1. The van der Waals surface area contributed by atoms with E-state index in [2.05, 4.69) is 4.98 Å². The molecule has 21 heavy (non-hydrogen) atoms. The number of ether oxygens (including phenoxy) is 1. The van der Waals surface area contributed by atoms with Crippen LogP contribution in [0.3, 0.4) is 0 Å². The summed E-state index contributed by atoms with van der Waals surface area (Å²) in [6, 6.07) is 6.76. The van der Waals surface area contributed by atoms with Crippen molar-refractivity contribution in [1.29, 1.82) is 0 Å². The number of rotatable bonds is 3. The average Bonchev–Trinajstić information content (AvgIpc) is 2.96. The minimum atomic E-state index is -1.07. The van der Waals surface area contributed by atoms with Gasteiger partial charge >= 0.3 is 0 Å². The molecule has 108 valence electrons. The van der Waals surface area contributed by atoms with Gasteiger partial charge in [-0.2, -0.15) is 4.39 Å². The molecule has 0 atom stereocenters. The Hall–Kier alpha value is -2.08. The van der Waals surface area contributed by atoms with Gasteiger partial charge in [-0.1, -0.05) is 0 Å². The summed E-state index contributed by atoms with van der Waals surface area (Å²) < 4.78 is 46.5. The van der Waals surface area contributed by atoms with Crippen molar-refractivity contribution in [3.8, 4) is 11.5 Å². The minimum Gasteiger partial charge on any atom is -0.453 e. The monoisotopic (exact) mass is 309 g/mol. The predicted octanol–water partition coefficient (Wildman–Crippen LogP) is 5.10. The maximum atomic E-state index is 14.2. The third-order valence-electron chi connectivity index (χ3n) is 3.05. The van der Waals surface area contributed by atoms with Gasteiger partial charge in [-0.25, -0.2) is 8.78 Å². The lowest BCUT2D eigenvalue weighted by molar-refractivity contribution is 0.409. The molecular weight excluding hydrogens is 299 g/mol. The van der Waals surface area contributed by atoms with E-state index in [9.17, 15) is 13.2 Å². The first-order chi connectivity index (χ1) is 10.1. The Bertz CT molecular complexity index is 799. The van der Waals surface area contributed by atoms with Gasteiger partial charge in [0, 0.05) is 11.6 Å². The molecule has 6 heteroatoms. The molecule has 1 N–H and O–H groups in total. The van der Waals surface area contributed by atoms with Gasteiger partial charge in [0.05, 0.1) is 10.4 Å². The molecule has 0 spiro atoms. The van der Waals surface area contributed by atoms with Crippen LogP contribution in [0.2, 0.25) is 0 Å². The molecule has 0 bridgehead atoms. The van der Waals surface area contributed by atoms with E-state index in [1.54, 1.807) is 12.3 Å². The molecule has 0 radical (unpaired) electrons. The number of aromatic nitrogens is 1. The summed E-state index contributed by atoms with van der Waals surface area (Å²) in [6.45, 7) is 0. The molecule has 3 aromatic rings. The zero-order valence-electron chi connectivity index (χ0n) is 10.9. The van der Waals surface area contributed by atoms with Crippen molar-refractivity contribution < 1.29 is 17.9 Å². The number of nitrogens with one attached hydrogen (secondary N) is 1. The Morgan fingerprint density at radius 3 is 2.38 bits per heavy atom. The predicted molar refractivity (Wildman–Crippen MR) is 76.5 cm³/mol. The second-order valence-electron chi connectivity index (χ2n) is 4.31. The van der Waals surface area contributed by atoms with Crippen molar-refractivity contribution in [2.75, 3.05) is 6.26 Å². The van der Waals surface area contributed by atoms with E-state index in [0.29, 0.717) is 10.3 Å². The van der Waals surface area contributed by atoms with Crippen LogP contribution in [0.1, 0.15) is 0 Å². The number of hydrogen-bond acceptors (Lipinski definition) is 2. The molecule has 3 rings (SSSR count). The van der Waals surface area contributed by atoms with Crippen molar-refractivity contribution >= 4 is 22.7 Å². The van der Waals surface area contributed by atoms with Crippen molar-refractivity contribution in [3.05, 3.63) is 54.0 Å². The molecular formula is C15H10F3NOS. The van der Waals surface area contributed by atoms with E-state index in [4.69, 9.17) is 4.74 Å². The summed E-state index contributed by atoms with van der Waals surface area (Å²) >= 11 is 1.25. The molecule has 0 saturated heterocycles. The Labute approximate surface area is 122 Å². The second-order valence-corrected chi connectivity index (χ2v) is 5.13. The van der Waals surface area contributed by atoms with Gasteiger partial charge in [0.2, 0.25) is 5.82 Å². The molecule has 1 aromatic heterocycles. The third-order valence-corrected chi connectivity index (χ3v) is 3.86. The Kier molecular flexibility index (Phi) is 3.55. The van der Waals surface area contributed by atoms with Crippen LogP contribution in [0.5, 0.6) is 11.5 Å². The number of thioether (sulfide) groups is 1. The number of halogens is 3. The van der Waals surface area contributed by atoms with Crippen LogP contribution in [0.25, 0.3) is 10.9 Å². The highest BCUT2D eigenvalue weighted by molar-refractivity contribution is 7.99. The van der Waals surface area contributed by atoms with Crippen LogP contribution >= 0.6 is 11.8 Å². The van der Waals surface area contributed by atoms with Crippen LogP contribution < -0.4 is 4.74 Å². The zero-order chi connectivity index (χ0) is 15.0. The highest BCUT2D eigenvalue weighted by atomic mass is 32.2. The maximum absolute atomic E-state index is 14.2. The highest BCUT2D eigenvalue weighted by Gasteiger charge is 2.22. The van der Waals surface area contributed by atoms with Crippen molar-refractivity contribution in [3.63, 3.8) is 0 Å². The SMILES string of the molecule is CSc1c(Oc2ccc(F)cc2)c(F)c(F)c2[nH]ccc12.